The number of hydrazone groups is 1. The first-order valence-corrected chi connectivity index (χ1v) is 10.4. The molecule has 1 saturated heterocycles. The number of thiocarbonyl (C=S) groups is 1. The first-order valence-electron chi connectivity index (χ1n) is 8.80. The number of benzene rings is 2. The van der Waals surface area contributed by atoms with Crippen LogP contribution in [0.2, 0.25) is 5.02 Å². The van der Waals surface area contributed by atoms with Crippen LogP contribution < -0.4 is 15.6 Å². The molecule has 3 amide bonds. The van der Waals surface area contributed by atoms with E-state index in [0.29, 0.717) is 16.3 Å². The van der Waals surface area contributed by atoms with E-state index in [2.05, 4.69) is 31.8 Å². The van der Waals surface area contributed by atoms with Crippen molar-refractivity contribution in [3.63, 3.8) is 0 Å². The van der Waals surface area contributed by atoms with Crippen molar-refractivity contribution in [2.24, 2.45) is 11.0 Å². The first-order chi connectivity index (χ1) is 14.8. The zero-order chi connectivity index (χ0) is 22.1. The molecule has 4 rings (SSSR count). The van der Waals surface area contributed by atoms with Crippen molar-refractivity contribution >= 4 is 85.5 Å². The molecule has 2 aromatic carbocycles. The van der Waals surface area contributed by atoms with E-state index in [1.165, 1.54) is 4.90 Å². The number of rotatable bonds is 4. The number of anilines is 1. The fourth-order valence-corrected chi connectivity index (χ4v) is 3.71. The van der Waals surface area contributed by atoms with Crippen LogP contribution in [0.3, 0.4) is 0 Å². The SMILES string of the molecule is O=C(N/N=C/[C@@H]1C(=O)NC(=S)N(c2ccc(Cl)cc2)C1=O)c1cc2cc(Br)ccc2o1. The minimum Gasteiger partial charge on any atom is -0.451 e. The fourth-order valence-electron chi connectivity index (χ4n) is 2.91. The summed E-state index contributed by atoms with van der Waals surface area (Å²) in [5, 5.41) is 7.38. The van der Waals surface area contributed by atoms with Gasteiger partial charge in [-0.25, -0.2) is 5.43 Å². The van der Waals surface area contributed by atoms with Gasteiger partial charge in [0.05, 0.1) is 5.69 Å². The number of nitrogens with one attached hydrogen (secondary N) is 2. The molecule has 0 aliphatic carbocycles. The second-order valence-corrected chi connectivity index (χ2v) is 8.17. The van der Waals surface area contributed by atoms with Gasteiger partial charge in [-0.15, -0.1) is 0 Å². The first kappa shape index (κ1) is 21.2. The van der Waals surface area contributed by atoms with Crippen molar-refractivity contribution in [1.82, 2.24) is 10.7 Å². The molecule has 156 valence electrons. The topological polar surface area (TPSA) is 104 Å². The van der Waals surface area contributed by atoms with Gasteiger partial charge in [-0.1, -0.05) is 27.5 Å². The van der Waals surface area contributed by atoms with Crippen LogP contribution in [0.1, 0.15) is 10.6 Å². The molecule has 0 bridgehead atoms. The molecule has 31 heavy (non-hydrogen) atoms. The van der Waals surface area contributed by atoms with Crippen molar-refractivity contribution in [2.75, 3.05) is 4.90 Å². The predicted molar refractivity (Wildman–Crippen MR) is 123 cm³/mol. The molecule has 8 nitrogen and oxygen atoms in total. The zero-order valence-corrected chi connectivity index (χ0v) is 18.6. The summed E-state index contributed by atoms with van der Waals surface area (Å²) >= 11 is 14.3. The highest BCUT2D eigenvalue weighted by Crippen LogP contribution is 2.24. The summed E-state index contributed by atoms with van der Waals surface area (Å²) in [6, 6.07) is 13.3. The van der Waals surface area contributed by atoms with Gasteiger partial charge < -0.3 is 9.73 Å². The van der Waals surface area contributed by atoms with E-state index in [1.54, 1.807) is 48.5 Å². The lowest BCUT2D eigenvalue weighted by Gasteiger charge is -2.30. The molecule has 1 aliphatic heterocycles. The molecular weight excluding hydrogens is 508 g/mol. The Morgan fingerprint density at radius 1 is 1.23 bits per heavy atom. The van der Waals surface area contributed by atoms with Gasteiger partial charge in [0.15, 0.2) is 16.8 Å². The average Bonchev–Trinajstić information content (AvgIpc) is 3.15. The van der Waals surface area contributed by atoms with E-state index in [9.17, 15) is 14.4 Å². The molecular formula is C20H12BrClN4O4S. The number of hydrogen-bond acceptors (Lipinski definition) is 6. The highest BCUT2D eigenvalue weighted by molar-refractivity contribution is 9.10. The summed E-state index contributed by atoms with van der Waals surface area (Å²) in [7, 11) is 0. The van der Waals surface area contributed by atoms with Crippen LogP contribution in [-0.4, -0.2) is 29.0 Å². The van der Waals surface area contributed by atoms with Crippen LogP contribution in [0.15, 0.2) is 62.5 Å². The smallest absolute Gasteiger partial charge is 0.307 e. The molecule has 1 atom stereocenters. The Morgan fingerprint density at radius 2 is 1.97 bits per heavy atom. The van der Waals surface area contributed by atoms with Crippen molar-refractivity contribution in [2.45, 2.75) is 0 Å². The monoisotopic (exact) mass is 518 g/mol. The number of furan rings is 1. The maximum Gasteiger partial charge on any atom is 0.307 e. The molecule has 1 aromatic heterocycles. The van der Waals surface area contributed by atoms with Crippen LogP contribution in [-0.2, 0) is 9.59 Å². The van der Waals surface area contributed by atoms with Crippen molar-refractivity contribution < 1.29 is 18.8 Å². The van der Waals surface area contributed by atoms with Crippen LogP contribution in [0.5, 0.6) is 0 Å². The molecule has 0 radical (unpaired) electrons. The second kappa shape index (κ2) is 8.58. The molecule has 2 heterocycles. The molecule has 1 fully saturated rings. The van der Waals surface area contributed by atoms with E-state index in [4.69, 9.17) is 28.2 Å². The van der Waals surface area contributed by atoms with Crippen LogP contribution in [0.4, 0.5) is 5.69 Å². The lowest BCUT2D eigenvalue weighted by Crippen LogP contribution is -2.58. The van der Waals surface area contributed by atoms with Crippen molar-refractivity contribution in [1.29, 1.82) is 0 Å². The van der Waals surface area contributed by atoms with E-state index in [0.717, 1.165) is 16.1 Å². The van der Waals surface area contributed by atoms with E-state index in [-0.39, 0.29) is 10.9 Å². The molecule has 11 heteroatoms. The van der Waals surface area contributed by atoms with Gasteiger partial charge in [0.1, 0.15) is 5.58 Å². The zero-order valence-electron chi connectivity index (χ0n) is 15.5. The number of carbonyl (C=O) groups is 3. The largest absolute Gasteiger partial charge is 0.451 e. The summed E-state index contributed by atoms with van der Waals surface area (Å²) in [5.41, 5.74) is 3.23. The standard InChI is InChI=1S/C20H12BrClN4O4S/c21-11-1-6-15-10(7-11)8-16(30-15)18(28)25-23-9-14-17(27)24-20(31)26(19(14)29)13-4-2-12(22)3-5-13/h1-9,14H,(H,25,28)(H,24,27,31)/b23-9+/t14-/m1/s1. The third kappa shape index (κ3) is 4.36. The summed E-state index contributed by atoms with van der Waals surface area (Å²) in [5.74, 6) is -3.13. The maximum atomic E-state index is 12.8. The van der Waals surface area contributed by atoms with Gasteiger partial charge in [0, 0.05) is 21.1 Å². The molecule has 3 aromatic rings. The highest BCUT2D eigenvalue weighted by atomic mass is 79.9. The summed E-state index contributed by atoms with van der Waals surface area (Å²) < 4.78 is 6.32. The number of fused-ring (bicyclic) bond motifs is 1. The van der Waals surface area contributed by atoms with Gasteiger partial charge >= 0.3 is 5.91 Å². The normalized spacial score (nSPS) is 16.8. The Hall–Kier alpha value is -3.08. The highest BCUT2D eigenvalue weighted by Gasteiger charge is 2.38. The van der Waals surface area contributed by atoms with E-state index < -0.39 is 23.6 Å². The number of halogens is 2. The number of carbonyl (C=O) groups excluding carboxylic acids is 3. The molecule has 2 N–H and O–H groups in total. The molecule has 1 aliphatic rings. The Balaban J connectivity index is 1.49. The third-order valence-electron chi connectivity index (χ3n) is 4.38. The average molecular weight is 520 g/mol. The molecule has 0 saturated carbocycles. The van der Waals surface area contributed by atoms with E-state index >= 15 is 0 Å². The number of nitrogens with zero attached hydrogens (tertiary/aromatic N) is 2. The van der Waals surface area contributed by atoms with Crippen LogP contribution in [0, 0.1) is 5.92 Å². The second-order valence-electron chi connectivity index (χ2n) is 6.43. The predicted octanol–water partition coefficient (Wildman–Crippen LogP) is 3.63. The summed E-state index contributed by atoms with van der Waals surface area (Å²) in [4.78, 5) is 38.6. The minimum absolute atomic E-state index is 0.0358. The summed E-state index contributed by atoms with van der Waals surface area (Å²) in [6.45, 7) is 0. The van der Waals surface area contributed by atoms with Gasteiger partial charge in [-0.05, 0) is 60.7 Å². The lowest BCUT2D eigenvalue weighted by molar-refractivity contribution is -0.130. The molecule has 0 unspecified atom stereocenters. The van der Waals surface area contributed by atoms with E-state index in [1.807, 2.05) is 0 Å². The van der Waals surface area contributed by atoms with Crippen molar-refractivity contribution in [3.8, 4) is 0 Å². The Labute approximate surface area is 194 Å². The fraction of sp³-hybridized carbons (Fsp3) is 0.0500. The Morgan fingerprint density at radius 3 is 2.71 bits per heavy atom. The lowest BCUT2D eigenvalue weighted by atomic mass is 10.1. The van der Waals surface area contributed by atoms with Crippen LogP contribution >= 0.6 is 39.7 Å². The number of amides is 3. The number of hydrogen-bond donors (Lipinski definition) is 2. The van der Waals surface area contributed by atoms with Gasteiger partial charge in [-0.3, -0.25) is 19.3 Å². The van der Waals surface area contributed by atoms with Crippen molar-refractivity contribution in [3.05, 3.63) is 63.8 Å². The quantitative estimate of drug-likeness (QED) is 0.237. The van der Waals surface area contributed by atoms with Gasteiger partial charge in [0.2, 0.25) is 5.91 Å². The van der Waals surface area contributed by atoms with Gasteiger partial charge in [0.25, 0.3) is 5.91 Å². The maximum absolute atomic E-state index is 12.8. The molecule has 0 spiro atoms. The van der Waals surface area contributed by atoms with Crippen LogP contribution in [0.25, 0.3) is 11.0 Å². The Bertz CT molecular complexity index is 1260. The summed E-state index contributed by atoms with van der Waals surface area (Å²) in [6.07, 6.45) is 1.04. The third-order valence-corrected chi connectivity index (χ3v) is 5.41. The van der Waals surface area contributed by atoms with Gasteiger partial charge in [-0.2, -0.15) is 5.10 Å². The Kier molecular flexibility index (Phi) is 5.86. The minimum atomic E-state index is -1.28.